The van der Waals surface area contributed by atoms with E-state index in [-0.39, 0.29) is 6.10 Å². The van der Waals surface area contributed by atoms with Gasteiger partial charge in [-0.05, 0) is 19.1 Å². The molecule has 0 radical (unpaired) electrons. The molecule has 0 aliphatic carbocycles. The van der Waals surface area contributed by atoms with Gasteiger partial charge in [-0.25, -0.2) is 0 Å². The molecular formula is C14H18O4. The quantitative estimate of drug-likeness (QED) is 0.828. The predicted octanol–water partition coefficient (Wildman–Crippen LogP) is 2.06. The van der Waals surface area contributed by atoms with Crippen LogP contribution in [0, 0.1) is 0 Å². The molecule has 0 amide bonds. The van der Waals surface area contributed by atoms with Crippen LogP contribution in [0.15, 0.2) is 18.2 Å². The lowest BCUT2D eigenvalue weighted by molar-refractivity contribution is -0.0566. The highest BCUT2D eigenvalue weighted by Gasteiger charge is 2.48. The maximum atomic E-state index is 10.3. The van der Waals surface area contributed by atoms with Gasteiger partial charge in [0.15, 0.2) is 0 Å². The van der Waals surface area contributed by atoms with E-state index in [9.17, 15) is 5.11 Å². The first-order valence-electron chi connectivity index (χ1n) is 6.31. The summed E-state index contributed by atoms with van der Waals surface area (Å²) < 4.78 is 16.9. The number of hydrogen-bond donors (Lipinski definition) is 1. The van der Waals surface area contributed by atoms with Crippen molar-refractivity contribution in [1.82, 2.24) is 0 Å². The summed E-state index contributed by atoms with van der Waals surface area (Å²) >= 11 is 0. The van der Waals surface area contributed by atoms with Crippen LogP contribution in [-0.2, 0) is 4.74 Å². The minimum absolute atomic E-state index is 0.00602. The molecule has 1 saturated heterocycles. The summed E-state index contributed by atoms with van der Waals surface area (Å²) in [4.78, 5) is 0. The topological polar surface area (TPSA) is 47.9 Å². The van der Waals surface area contributed by atoms with Crippen LogP contribution in [0.1, 0.15) is 31.4 Å². The summed E-state index contributed by atoms with van der Waals surface area (Å²) in [7, 11) is 1.62. The molecule has 2 aliphatic heterocycles. The molecule has 4 heteroatoms. The average Bonchev–Trinajstić information content (AvgIpc) is 2.69. The van der Waals surface area contributed by atoms with E-state index in [2.05, 4.69) is 0 Å². The van der Waals surface area contributed by atoms with Crippen molar-refractivity contribution in [2.24, 2.45) is 0 Å². The largest absolute Gasteiger partial charge is 0.497 e. The zero-order valence-electron chi connectivity index (χ0n) is 10.7. The minimum atomic E-state index is -0.496. The van der Waals surface area contributed by atoms with Gasteiger partial charge in [-0.1, -0.05) is 0 Å². The van der Waals surface area contributed by atoms with Gasteiger partial charge in [0.2, 0.25) is 0 Å². The number of ether oxygens (including phenoxy) is 3. The van der Waals surface area contributed by atoms with Gasteiger partial charge in [-0.2, -0.15) is 0 Å². The number of aliphatic hydroxyl groups excluding tert-OH is 1. The number of rotatable bonds is 1. The monoisotopic (exact) mass is 250 g/mol. The average molecular weight is 250 g/mol. The van der Waals surface area contributed by atoms with Gasteiger partial charge < -0.3 is 19.3 Å². The second kappa shape index (κ2) is 4.14. The Balaban J connectivity index is 1.99. The van der Waals surface area contributed by atoms with E-state index in [0.29, 0.717) is 18.8 Å². The molecule has 4 nitrogen and oxygen atoms in total. The molecular weight excluding hydrogens is 232 g/mol. The zero-order valence-corrected chi connectivity index (χ0v) is 10.7. The lowest BCUT2D eigenvalue weighted by Gasteiger charge is -2.40. The summed E-state index contributed by atoms with van der Waals surface area (Å²) in [5, 5.41) is 10.3. The first-order valence-corrected chi connectivity index (χ1v) is 6.31. The molecule has 1 spiro atoms. The molecule has 1 aromatic carbocycles. The fraction of sp³-hybridized carbons (Fsp3) is 0.571. The molecule has 0 saturated carbocycles. The van der Waals surface area contributed by atoms with Gasteiger partial charge >= 0.3 is 0 Å². The van der Waals surface area contributed by atoms with E-state index >= 15 is 0 Å². The Morgan fingerprint density at radius 2 is 2.28 bits per heavy atom. The molecule has 3 atom stereocenters. The standard InChI is InChI=1S/C14H18O4/c1-9-14(5-6-17-9)8-12(15)11-4-3-10(16-2)7-13(11)18-14/h3-4,7,9,12,15H,5-6,8H2,1-2H3/t9?,12-,14?/m0/s1. The molecule has 2 aliphatic rings. The summed E-state index contributed by atoms with van der Waals surface area (Å²) in [6.07, 6.45) is 0.922. The fourth-order valence-corrected chi connectivity index (χ4v) is 2.87. The third-order valence-electron chi connectivity index (χ3n) is 4.07. The van der Waals surface area contributed by atoms with Crippen molar-refractivity contribution in [2.75, 3.05) is 13.7 Å². The van der Waals surface area contributed by atoms with Crippen molar-refractivity contribution >= 4 is 0 Å². The van der Waals surface area contributed by atoms with E-state index in [1.165, 1.54) is 0 Å². The maximum Gasteiger partial charge on any atom is 0.140 e. The Morgan fingerprint density at radius 1 is 1.44 bits per heavy atom. The first-order chi connectivity index (χ1) is 8.64. The molecule has 2 unspecified atom stereocenters. The number of methoxy groups -OCH3 is 1. The summed E-state index contributed by atoms with van der Waals surface area (Å²) in [6.45, 7) is 2.69. The number of fused-ring (bicyclic) bond motifs is 1. The van der Waals surface area contributed by atoms with Crippen molar-refractivity contribution in [3.8, 4) is 11.5 Å². The van der Waals surface area contributed by atoms with Crippen molar-refractivity contribution in [2.45, 2.75) is 37.6 Å². The Kier molecular flexibility index (Phi) is 2.72. The van der Waals surface area contributed by atoms with Crippen LogP contribution in [0.3, 0.4) is 0 Å². The number of benzene rings is 1. The maximum absolute atomic E-state index is 10.3. The van der Waals surface area contributed by atoms with Crippen LogP contribution in [0.5, 0.6) is 11.5 Å². The van der Waals surface area contributed by atoms with Gasteiger partial charge in [0.05, 0.1) is 25.9 Å². The van der Waals surface area contributed by atoms with Crippen molar-refractivity contribution < 1.29 is 19.3 Å². The van der Waals surface area contributed by atoms with Crippen LogP contribution in [0.4, 0.5) is 0 Å². The Labute approximate surface area is 106 Å². The van der Waals surface area contributed by atoms with E-state index in [1.807, 2.05) is 25.1 Å². The lowest BCUT2D eigenvalue weighted by Crippen LogP contribution is -2.46. The van der Waals surface area contributed by atoms with Crippen LogP contribution in [0.25, 0.3) is 0 Å². The third kappa shape index (κ3) is 1.68. The highest BCUT2D eigenvalue weighted by atomic mass is 16.6. The van der Waals surface area contributed by atoms with Crippen LogP contribution >= 0.6 is 0 Å². The van der Waals surface area contributed by atoms with Crippen molar-refractivity contribution in [3.05, 3.63) is 23.8 Å². The minimum Gasteiger partial charge on any atom is -0.497 e. The van der Waals surface area contributed by atoms with Crippen molar-refractivity contribution in [1.29, 1.82) is 0 Å². The predicted molar refractivity (Wildman–Crippen MR) is 66.0 cm³/mol. The zero-order chi connectivity index (χ0) is 12.8. The van der Waals surface area contributed by atoms with E-state index in [1.54, 1.807) is 7.11 Å². The molecule has 3 rings (SSSR count). The van der Waals surface area contributed by atoms with E-state index in [0.717, 1.165) is 17.7 Å². The van der Waals surface area contributed by atoms with E-state index < -0.39 is 11.7 Å². The Morgan fingerprint density at radius 3 is 2.94 bits per heavy atom. The third-order valence-corrected chi connectivity index (χ3v) is 4.07. The summed E-state index contributed by atoms with van der Waals surface area (Å²) in [5.41, 5.74) is 0.444. The highest BCUT2D eigenvalue weighted by Crippen LogP contribution is 2.46. The number of aliphatic hydroxyl groups is 1. The fourth-order valence-electron chi connectivity index (χ4n) is 2.87. The summed E-state index contributed by atoms with van der Waals surface area (Å²) in [6, 6.07) is 5.55. The first kappa shape index (κ1) is 11.8. The van der Waals surface area contributed by atoms with Gasteiger partial charge in [0.1, 0.15) is 17.1 Å². The highest BCUT2D eigenvalue weighted by molar-refractivity contribution is 5.44. The molecule has 1 aromatic rings. The Bertz CT molecular complexity index is 459. The van der Waals surface area contributed by atoms with Crippen LogP contribution in [0.2, 0.25) is 0 Å². The second-order valence-electron chi connectivity index (χ2n) is 5.05. The molecule has 98 valence electrons. The second-order valence-corrected chi connectivity index (χ2v) is 5.05. The number of hydrogen-bond acceptors (Lipinski definition) is 4. The SMILES string of the molecule is COc1ccc2c(c1)OC1(CCOC1C)C[C@@H]2O. The van der Waals surface area contributed by atoms with Gasteiger partial charge in [0.25, 0.3) is 0 Å². The molecule has 18 heavy (non-hydrogen) atoms. The lowest BCUT2D eigenvalue weighted by atomic mass is 9.84. The van der Waals surface area contributed by atoms with Gasteiger partial charge in [-0.15, -0.1) is 0 Å². The van der Waals surface area contributed by atoms with Crippen LogP contribution in [-0.4, -0.2) is 30.5 Å². The Hall–Kier alpha value is -1.26. The van der Waals surface area contributed by atoms with Gasteiger partial charge in [-0.3, -0.25) is 0 Å². The molecule has 0 bridgehead atoms. The normalized spacial score (nSPS) is 34.2. The van der Waals surface area contributed by atoms with Gasteiger partial charge in [0, 0.05) is 24.5 Å². The van der Waals surface area contributed by atoms with E-state index in [4.69, 9.17) is 14.2 Å². The molecule has 1 N–H and O–H groups in total. The van der Waals surface area contributed by atoms with Crippen molar-refractivity contribution in [3.63, 3.8) is 0 Å². The molecule has 0 aromatic heterocycles. The molecule has 1 fully saturated rings. The molecule has 2 heterocycles. The summed E-state index contributed by atoms with van der Waals surface area (Å²) in [5.74, 6) is 1.45. The van der Waals surface area contributed by atoms with Crippen LogP contribution < -0.4 is 9.47 Å². The smallest absolute Gasteiger partial charge is 0.140 e.